The summed E-state index contributed by atoms with van der Waals surface area (Å²) in [7, 11) is 0. The number of hydrogen-bond donors (Lipinski definition) is 2. The van der Waals surface area contributed by atoms with Crippen LogP contribution in [0.15, 0.2) is 30.6 Å². The fourth-order valence-electron chi connectivity index (χ4n) is 2.99. The molecule has 7 nitrogen and oxygen atoms in total. The van der Waals surface area contributed by atoms with Gasteiger partial charge in [0.05, 0.1) is 11.6 Å². The number of aliphatic hydroxyl groups is 1. The van der Waals surface area contributed by atoms with Gasteiger partial charge in [0.25, 0.3) is 5.78 Å². The van der Waals surface area contributed by atoms with Crippen LogP contribution in [0.1, 0.15) is 36.7 Å². The van der Waals surface area contributed by atoms with Gasteiger partial charge in [-0.3, -0.25) is 0 Å². The summed E-state index contributed by atoms with van der Waals surface area (Å²) in [4.78, 5) is 8.33. The van der Waals surface area contributed by atoms with E-state index in [0.717, 1.165) is 0 Å². The summed E-state index contributed by atoms with van der Waals surface area (Å²) in [5, 5.41) is 18.1. The van der Waals surface area contributed by atoms with Gasteiger partial charge >= 0.3 is 6.36 Å². The minimum Gasteiger partial charge on any atom is -0.406 e. The lowest BCUT2D eigenvalue weighted by Gasteiger charge is -2.32. The van der Waals surface area contributed by atoms with E-state index in [1.165, 1.54) is 29.0 Å². The van der Waals surface area contributed by atoms with Crippen molar-refractivity contribution in [1.29, 1.82) is 0 Å². The van der Waals surface area contributed by atoms with Crippen molar-refractivity contribution in [3.63, 3.8) is 0 Å². The Morgan fingerprint density at radius 2 is 1.89 bits per heavy atom. The normalized spacial score (nSPS) is 13.6. The number of aromatic nitrogens is 4. The first-order valence-electron chi connectivity index (χ1n) is 8.46. The Kier molecular flexibility index (Phi) is 4.92. The number of fused-ring (bicyclic) bond motifs is 1. The molecule has 2 aromatic heterocycles. The molecule has 0 fully saturated rings. The smallest absolute Gasteiger partial charge is 0.406 e. The summed E-state index contributed by atoms with van der Waals surface area (Å²) in [6.07, 6.45) is -3.41. The molecule has 0 radical (unpaired) electrons. The molecule has 0 saturated heterocycles. The number of nitrogens with one attached hydrogen (secondary N) is 1. The number of nitrogens with zero attached hydrogens (tertiary/aromatic N) is 4. The Balaban J connectivity index is 2.01. The molecule has 1 atom stereocenters. The van der Waals surface area contributed by atoms with E-state index in [1.807, 2.05) is 0 Å². The third kappa shape index (κ3) is 4.33. The van der Waals surface area contributed by atoms with Crippen LogP contribution in [0.3, 0.4) is 0 Å². The molecule has 0 saturated carbocycles. The molecule has 0 bridgehead atoms. The van der Waals surface area contributed by atoms with Crippen LogP contribution in [-0.2, 0) is 0 Å². The average Bonchev–Trinajstić information content (AvgIpc) is 2.99. The molecule has 0 aliphatic carbocycles. The molecule has 10 heteroatoms. The highest BCUT2D eigenvalue weighted by Gasteiger charge is 2.33. The molecule has 3 rings (SSSR count). The lowest BCUT2D eigenvalue weighted by Crippen LogP contribution is -2.35. The van der Waals surface area contributed by atoms with Crippen molar-refractivity contribution < 1.29 is 23.0 Å². The summed E-state index contributed by atoms with van der Waals surface area (Å²) in [5.41, 5.74) is 0.594. The largest absolute Gasteiger partial charge is 0.573 e. The average molecular weight is 395 g/mol. The van der Waals surface area contributed by atoms with E-state index in [2.05, 4.69) is 25.1 Å². The number of anilines is 1. The molecule has 3 aromatic rings. The van der Waals surface area contributed by atoms with Gasteiger partial charge < -0.3 is 15.2 Å². The predicted octanol–water partition coefficient (Wildman–Crippen LogP) is 3.56. The summed E-state index contributed by atoms with van der Waals surface area (Å²) >= 11 is 0. The van der Waals surface area contributed by atoms with Crippen molar-refractivity contribution in [3.05, 3.63) is 47.4 Å². The van der Waals surface area contributed by atoms with E-state index in [1.54, 1.807) is 33.8 Å². The first-order valence-corrected chi connectivity index (χ1v) is 8.46. The van der Waals surface area contributed by atoms with Gasteiger partial charge in [0.1, 0.15) is 17.9 Å². The van der Waals surface area contributed by atoms with E-state index < -0.39 is 18.0 Å². The van der Waals surface area contributed by atoms with E-state index >= 15 is 0 Å². The summed E-state index contributed by atoms with van der Waals surface area (Å²) in [6.45, 7) is 6.67. The van der Waals surface area contributed by atoms with Gasteiger partial charge in [-0.05, 0) is 51.0 Å². The zero-order valence-corrected chi connectivity index (χ0v) is 15.7. The monoisotopic (exact) mass is 395 g/mol. The second-order valence-corrected chi connectivity index (χ2v) is 7.05. The fourth-order valence-corrected chi connectivity index (χ4v) is 2.99. The third-order valence-corrected chi connectivity index (χ3v) is 4.16. The van der Waals surface area contributed by atoms with E-state index in [9.17, 15) is 18.3 Å². The Morgan fingerprint density at radius 3 is 2.50 bits per heavy atom. The van der Waals surface area contributed by atoms with Crippen molar-refractivity contribution >= 4 is 11.6 Å². The predicted molar refractivity (Wildman–Crippen MR) is 96.0 cm³/mol. The second kappa shape index (κ2) is 6.93. The molecule has 150 valence electrons. The summed E-state index contributed by atoms with van der Waals surface area (Å²) in [5.74, 6) is 0.617. The van der Waals surface area contributed by atoms with E-state index in [4.69, 9.17) is 0 Å². The van der Waals surface area contributed by atoms with Crippen LogP contribution in [0.25, 0.3) is 5.78 Å². The van der Waals surface area contributed by atoms with Crippen molar-refractivity contribution in [2.75, 3.05) is 5.32 Å². The lowest BCUT2D eigenvalue weighted by atomic mass is 9.89. The Labute approximate surface area is 159 Å². The van der Waals surface area contributed by atoms with Crippen LogP contribution in [0.5, 0.6) is 5.75 Å². The van der Waals surface area contributed by atoms with Crippen LogP contribution in [0, 0.1) is 13.8 Å². The molecule has 0 unspecified atom stereocenters. The minimum absolute atomic E-state index is 0.318. The first kappa shape index (κ1) is 19.9. The minimum atomic E-state index is -4.77. The molecular weight excluding hydrogens is 375 g/mol. The zero-order valence-electron chi connectivity index (χ0n) is 15.7. The number of alkyl halides is 3. The van der Waals surface area contributed by atoms with Gasteiger partial charge in [-0.1, -0.05) is 6.07 Å². The SMILES string of the molecule is Cc1cc(N[C@@H](c2ccc(OC(F)(F)F)cc2C)C(C)(C)O)n2ncnc2n1. The first-order chi connectivity index (χ1) is 12.9. The number of halogens is 3. The topological polar surface area (TPSA) is 84.6 Å². The highest BCUT2D eigenvalue weighted by Crippen LogP contribution is 2.34. The van der Waals surface area contributed by atoms with Gasteiger partial charge in [0.15, 0.2) is 0 Å². The number of rotatable bonds is 5. The number of ether oxygens (including phenoxy) is 1. The Hall–Kier alpha value is -2.88. The maximum Gasteiger partial charge on any atom is 0.573 e. The highest BCUT2D eigenvalue weighted by atomic mass is 19.4. The van der Waals surface area contributed by atoms with Crippen molar-refractivity contribution in [3.8, 4) is 5.75 Å². The second-order valence-electron chi connectivity index (χ2n) is 7.05. The molecule has 28 heavy (non-hydrogen) atoms. The number of hydrogen-bond acceptors (Lipinski definition) is 6. The van der Waals surface area contributed by atoms with Gasteiger partial charge in [-0.25, -0.2) is 4.98 Å². The molecule has 1 aromatic carbocycles. The number of benzene rings is 1. The van der Waals surface area contributed by atoms with Crippen molar-refractivity contribution in [2.24, 2.45) is 0 Å². The summed E-state index contributed by atoms with van der Waals surface area (Å²) < 4.78 is 42.9. The lowest BCUT2D eigenvalue weighted by molar-refractivity contribution is -0.274. The van der Waals surface area contributed by atoms with Crippen LogP contribution in [-0.4, -0.2) is 36.7 Å². The van der Waals surface area contributed by atoms with Gasteiger partial charge in [-0.15, -0.1) is 13.2 Å². The molecule has 2 N–H and O–H groups in total. The van der Waals surface area contributed by atoms with Crippen LogP contribution in [0.4, 0.5) is 19.0 Å². The zero-order chi connectivity index (χ0) is 20.7. The molecule has 0 aliphatic rings. The van der Waals surface area contributed by atoms with Gasteiger partial charge in [0, 0.05) is 11.8 Å². The maximum atomic E-state index is 12.5. The van der Waals surface area contributed by atoms with Crippen LogP contribution in [0.2, 0.25) is 0 Å². The highest BCUT2D eigenvalue weighted by molar-refractivity contribution is 5.49. The standard InChI is InChI=1S/C18H20F3N5O2/c1-10-7-12(28-18(19,20)21)5-6-13(10)15(17(3,4)27)25-14-8-11(2)24-16-22-9-23-26(14)16/h5-9,15,25,27H,1-4H3/t15-/m0/s1. The van der Waals surface area contributed by atoms with Gasteiger partial charge in [0.2, 0.25) is 0 Å². The maximum absolute atomic E-state index is 12.5. The third-order valence-electron chi connectivity index (χ3n) is 4.16. The molecular formula is C18H20F3N5O2. The number of aryl methyl sites for hydroxylation is 2. The van der Waals surface area contributed by atoms with E-state index in [-0.39, 0.29) is 5.75 Å². The van der Waals surface area contributed by atoms with Crippen LogP contribution >= 0.6 is 0 Å². The fraction of sp³-hybridized carbons (Fsp3) is 0.389. The molecule has 2 heterocycles. The van der Waals surface area contributed by atoms with Crippen LogP contribution < -0.4 is 10.1 Å². The van der Waals surface area contributed by atoms with Crippen molar-refractivity contribution in [2.45, 2.75) is 45.7 Å². The van der Waals surface area contributed by atoms with Gasteiger partial charge in [-0.2, -0.15) is 14.6 Å². The van der Waals surface area contributed by atoms with E-state index in [0.29, 0.717) is 28.4 Å². The summed E-state index contributed by atoms with van der Waals surface area (Å²) in [6, 6.07) is 5.10. The quantitative estimate of drug-likeness (QED) is 0.687. The molecule has 0 spiro atoms. The Morgan fingerprint density at radius 1 is 1.18 bits per heavy atom. The molecule has 0 amide bonds. The molecule has 0 aliphatic heterocycles. The Bertz CT molecular complexity index is 995. The van der Waals surface area contributed by atoms with Crippen molar-refractivity contribution in [1.82, 2.24) is 19.6 Å².